The number of amides is 1. The van der Waals surface area contributed by atoms with Crippen LogP contribution >= 0.6 is 11.6 Å². The number of nitrogens with one attached hydrogen (secondary N) is 1. The molecule has 36 heavy (non-hydrogen) atoms. The van der Waals surface area contributed by atoms with E-state index in [1.165, 1.54) is 24.3 Å². The second-order valence-electron chi connectivity index (χ2n) is 7.35. The molecule has 1 amide bonds. The highest BCUT2D eigenvalue weighted by Crippen LogP contribution is 2.36. The van der Waals surface area contributed by atoms with Crippen molar-refractivity contribution in [3.05, 3.63) is 88.9 Å². The molecule has 0 heterocycles. The molecular formula is C24H20ClF3N2O5S. The summed E-state index contributed by atoms with van der Waals surface area (Å²) >= 11 is 5.61. The maximum Gasteiger partial charge on any atom is 0.418 e. The summed E-state index contributed by atoms with van der Waals surface area (Å²) in [6.45, 7) is 0.888. The van der Waals surface area contributed by atoms with E-state index in [1.807, 2.05) is 5.32 Å². The Morgan fingerprint density at radius 2 is 1.69 bits per heavy atom. The first-order valence-corrected chi connectivity index (χ1v) is 12.3. The third-order valence-electron chi connectivity index (χ3n) is 4.88. The first kappa shape index (κ1) is 27.0. The fraction of sp³-hybridized carbons (Fsp3) is 0.167. The van der Waals surface area contributed by atoms with Crippen LogP contribution in [-0.2, 0) is 25.7 Å². The van der Waals surface area contributed by atoms with E-state index in [0.717, 1.165) is 16.4 Å². The summed E-state index contributed by atoms with van der Waals surface area (Å²) in [6.07, 6.45) is -4.78. The number of esters is 1. The Kier molecular flexibility index (Phi) is 8.26. The second-order valence-corrected chi connectivity index (χ2v) is 9.64. The highest BCUT2D eigenvalue weighted by atomic mass is 35.5. The van der Waals surface area contributed by atoms with Gasteiger partial charge in [0, 0.05) is 11.6 Å². The molecule has 0 aliphatic rings. The van der Waals surface area contributed by atoms with E-state index in [0.29, 0.717) is 11.8 Å². The molecule has 0 bridgehead atoms. The first-order chi connectivity index (χ1) is 16.9. The van der Waals surface area contributed by atoms with Gasteiger partial charge < -0.3 is 10.1 Å². The summed E-state index contributed by atoms with van der Waals surface area (Å²) in [5.74, 6) is -2.06. The maximum atomic E-state index is 13.2. The molecule has 0 radical (unpaired) electrons. The van der Waals surface area contributed by atoms with Gasteiger partial charge in [0.2, 0.25) is 0 Å². The summed E-state index contributed by atoms with van der Waals surface area (Å²) in [4.78, 5) is 24.4. The number of carbonyl (C=O) groups is 2. The molecule has 7 nitrogen and oxygen atoms in total. The van der Waals surface area contributed by atoms with Crippen molar-refractivity contribution in [2.75, 3.05) is 22.8 Å². The average Bonchev–Trinajstić information content (AvgIpc) is 2.84. The molecule has 190 valence electrons. The molecule has 3 rings (SSSR count). The van der Waals surface area contributed by atoms with Crippen LogP contribution in [0.3, 0.4) is 0 Å². The molecule has 3 aromatic carbocycles. The Bertz CT molecular complexity index is 1370. The third kappa shape index (κ3) is 6.35. The predicted octanol–water partition coefficient (Wildman–Crippen LogP) is 5.37. The molecule has 0 fully saturated rings. The number of ether oxygens (including phenoxy) is 1. The third-order valence-corrected chi connectivity index (χ3v) is 7.02. The highest BCUT2D eigenvalue weighted by Gasteiger charge is 2.34. The van der Waals surface area contributed by atoms with Gasteiger partial charge in [-0.3, -0.25) is 9.10 Å². The molecule has 0 aromatic heterocycles. The van der Waals surface area contributed by atoms with E-state index >= 15 is 0 Å². The van der Waals surface area contributed by atoms with Gasteiger partial charge in [0.25, 0.3) is 15.9 Å². The number of halogens is 4. The van der Waals surface area contributed by atoms with Gasteiger partial charge in [0.05, 0.1) is 27.4 Å². The minimum atomic E-state index is -4.78. The largest absolute Gasteiger partial charge is 0.452 e. The van der Waals surface area contributed by atoms with Crippen LogP contribution in [0, 0.1) is 0 Å². The molecule has 12 heteroatoms. The number of benzene rings is 3. The number of hydrogen-bond donors (Lipinski definition) is 1. The van der Waals surface area contributed by atoms with Crippen LogP contribution in [-0.4, -0.2) is 33.4 Å². The van der Waals surface area contributed by atoms with Gasteiger partial charge in [-0.05, 0) is 55.5 Å². The molecule has 0 aliphatic carbocycles. The van der Waals surface area contributed by atoms with E-state index < -0.39 is 45.9 Å². The fourth-order valence-corrected chi connectivity index (χ4v) is 4.95. The summed E-state index contributed by atoms with van der Waals surface area (Å²) in [5.41, 5.74) is -1.44. The second kappa shape index (κ2) is 11.0. The van der Waals surface area contributed by atoms with E-state index in [1.54, 1.807) is 37.3 Å². The molecule has 0 atom stereocenters. The lowest BCUT2D eigenvalue weighted by Gasteiger charge is -2.23. The van der Waals surface area contributed by atoms with E-state index in [-0.39, 0.29) is 22.0 Å². The smallest absolute Gasteiger partial charge is 0.418 e. The number of sulfonamides is 1. The normalized spacial score (nSPS) is 11.6. The summed E-state index contributed by atoms with van der Waals surface area (Å²) in [6, 6.07) is 16.2. The fourth-order valence-electron chi connectivity index (χ4n) is 3.26. The van der Waals surface area contributed by atoms with Crippen molar-refractivity contribution >= 4 is 44.9 Å². The molecule has 0 saturated carbocycles. The Labute approximate surface area is 210 Å². The van der Waals surface area contributed by atoms with Gasteiger partial charge in [0.1, 0.15) is 0 Å². The van der Waals surface area contributed by atoms with Crippen molar-refractivity contribution in [1.82, 2.24) is 0 Å². The number of rotatable bonds is 8. The van der Waals surface area contributed by atoms with Crippen molar-refractivity contribution in [2.24, 2.45) is 0 Å². The van der Waals surface area contributed by atoms with Gasteiger partial charge in [-0.2, -0.15) is 13.2 Å². The van der Waals surface area contributed by atoms with Crippen LogP contribution in [0.1, 0.15) is 22.8 Å². The van der Waals surface area contributed by atoms with Crippen LogP contribution in [0.4, 0.5) is 24.5 Å². The molecule has 0 saturated heterocycles. The topological polar surface area (TPSA) is 92.8 Å². The maximum absolute atomic E-state index is 13.2. The van der Waals surface area contributed by atoms with Gasteiger partial charge >= 0.3 is 12.1 Å². The zero-order chi connectivity index (χ0) is 26.5. The molecular weight excluding hydrogens is 521 g/mol. The quantitative estimate of drug-likeness (QED) is 0.388. The molecule has 0 unspecified atom stereocenters. The van der Waals surface area contributed by atoms with Gasteiger partial charge in [-0.25, -0.2) is 13.2 Å². The van der Waals surface area contributed by atoms with Crippen molar-refractivity contribution in [1.29, 1.82) is 0 Å². The lowest BCUT2D eigenvalue weighted by atomic mass is 10.1. The van der Waals surface area contributed by atoms with Crippen molar-refractivity contribution in [3.8, 4) is 0 Å². The van der Waals surface area contributed by atoms with Gasteiger partial charge in [0.15, 0.2) is 6.61 Å². The van der Waals surface area contributed by atoms with Crippen LogP contribution in [0.2, 0.25) is 5.02 Å². The summed E-state index contributed by atoms with van der Waals surface area (Å²) < 4.78 is 71.9. The Morgan fingerprint density at radius 3 is 2.33 bits per heavy atom. The van der Waals surface area contributed by atoms with Crippen molar-refractivity contribution in [2.45, 2.75) is 18.0 Å². The minimum Gasteiger partial charge on any atom is -0.452 e. The highest BCUT2D eigenvalue weighted by molar-refractivity contribution is 7.92. The zero-order valence-corrected chi connectivity index (χ0v) is 20.3. The number of anilines is 2. The monoisotopic (exact) mass is 540 g/mol. The molecule has 0 spiro atoms. The number of hydrogen-bond acceptors (Lipinski definition) is 5. The van der Waals surface area contributed by atoms with Crippen molar-refractivity contribution < 1.29 is 35.9 Å². The van der Waals surface area contributed by atoms with Gasteiger partial charge in [-0.1, -0.05) is 35.9 Å². The minimum absolute atomic E-state index is 0.131. The van der Waals surface area contributed by atoms with Crippen LogP contribution in [0.25, 0.3) is 0 Å². The van der Waals surface area contributed by atoms with E-state index in [4.69, 9.17) is 16.3 Å². The van der Waals surface area contributed by atoms with Crippen LogP contribution in [0.5, 0.6) is 0 Å². The SMILES string of the molecule is CCN(c1ccccc1)S(=O)(=O)c1cccc(C(=O)OCC(=O)Nc2ccc(Cl)cc2C(F)(F)F)c1. The first-order valence-electron chi connectivity index (χ1n) is 10.4. The van der Waals surface area contributed by atoms with Crippen LogP contribution < -0.4 is 9.62 Å². The number of para-hydroxylation sites is 1. The predicted molar refractivity (Wildman–Crippen MR) is 128 cm³/mol. The number of nitrogens with zero attached hydrogens (tertiary/aromatic N) is 1. The van der Waals surface area contributed by atoms with E-state index in [2.05, 4.69) is 0 Å². The molecule has 3 aromatic rings. The molecule has 0 aliphatic heterocycles. The lowest BCUT2D eigenvalue weighted by molar-refractivity contribution is -0.137. The lowest BCUT2D eigenvalue weighted by Crippen LogP contribution is -2.30. The zero-order valence-electron chi connectivity index (χ0n) is 18.8. The summed E-state index contributed by atoms with van der Waals surface area (Å²) in [7, 11) is -4.03. The van der Waals surface area contributed by atoms with Gasteiger partial charge in [-0.15, -0.1) is 0 Å². The Balaban J connectivity index is 1.72. The molecule has 1 N–H and O–H groups in total. The average molecular weight is 541 g/mol. The Hall–Kier alpha value is -3.57. The van der Waals surface area contributed by atoms with Crippen molar-refractivity contribution in [3.63, 3.8) is 0 Å². The van der Waals surface area contributed by atoms with E-state index in [9.17, 15) is 31.2 Å². The number of carbonyl (C=O) groups excluding carboxylic acids is 2. The number of alkyl halides is 3. The Morgan fingerprint density at radius 1 is 1.00 bits per heavy atom. The van der Waals surface area contributed by atoms with Crippen LogP contribution in [0.15, 0.2) is 77.7 Å². The standard InChI is InChI=1S/C24H20ClF3N2O5S/c1-2-30(18-8-4-3-5-9-18)36(33,34)19-10-6-7-16(13-19)23(32)35-15-22(31)29-21-12-11-17(25)14-20(21)24(26,27)28/h3-14H,2,15H2,1H3,(H,29,31). The summed E-state index contributed by atoms with van der Waals surface area (Å²) in [5, 5.41) is 1.86.